The Morgan fingerprint density at radius 3 is 2.38 bits per heavy atom. The van der Waals surface area contributed by atoms with E-state index in [1.807, 2.05) is 6.07 Å². The van der Waals surface area contributed by atoms with Gasteiger partial charge in [0.15, 0.2) is 0 Å². The van der Waals surface area contributed by atoms with E-state index in [9.17, 15) is 0 Å². The molecule has 1 heteroatoms. The molecule has 0 fully saturated rings. The van der Waals surface area contributed by atoms with E-state index in [1.165, 1.54) is 22.4 Å². The van der Waals surface area contributed by atoms with Crippen molar-refractivity contribution in [1.29, 1.82) is 0 Å². The van der Waals surface area contributed by atoms with Gasteiger partial charge in [-0.1, -0.05) is 42.5 Å². The van der Waals surface area contributed by atoms with Gasteiger partial charge < -0.3 is 5.32 Å². The van der Waals surface area contributed by atoms with Crippen molar-refractivity contribution >= 4 is 5.69 Å². The Morgan fingerprint density at radius 2 is 1.62 bits per heavy atom. The van der Waals surface area contributed by atoms with E-state index in [0.717, 1.165) is 6.54 Å². The second-order valence-electron chi connectivity index (χ2n) is 4.09. The van der Waals surface area contributed by atoms with Crippen LogP contribution in [0.15, 0.2) is 48.5 Å². The van der Waals surface area contributed by atoms with E-state index in [-0.39, 0.29) is 0 Å². The molecule has 2 aromatic carbocycles. The lowest BCUT2D eigenvalue weighted by atomic mass is 10.1. The van der Waals surface area contributed by atoms with Crippen LogP contribution in [0.2, 0.25) is 0 Å². The molecule has 2 aromatic rings. The Labute approximate surface area is 97.1 Å². The molecule has 0 heterocycles. The number of hydrogen-bond donors (Lipinski definition) is 1. The Balaban J connectivity index is 2.08. The van der Waals surface area contributed by atoms with Crippen LogP contribution in [0.4, 0.5) is 5.69 Å². The highest BCUT2D eigenvalue weighted by Crippen LogP contribution is 2.18. The van der Waals surface area contributed by atoms with Crippen LogP contribution in [0.3, 0.4) is 0 Å². The van der Waals surface area contributed by atoms with E-state index in [4.69, 9.17) is 0 Å². The van der Waals surface area contributed by atoms with Crippen molar-refractivity contribution in [3.05, 3.63) is 65.2 Å². The minimum Gasteiger partial charge on any atom is -0.381 e. The first-order chi connectivity index (χ1) is 7.77. The van der Waals surface area contributed by atoms with Crippen LogP contribution in [-0.2, 0) is 6.54 Å². The average molecular weight is 211 g/mol. The average Bonchev–Trinajstić information content (AvgIpc) is 2.32. The van der Waals surface area contributed by atoms with Crippen molar-refractivity contribution in [3.63, 3.8) is 0 Å². The Kier molecular flexibility index (Phi) is 3.25. The molecule has 1 N–H and O–H groups in total. The quantitative estimate of drug-likeness (QED) is 0.811. The molecule has 0 saturated carbocycles. The molecule has 0 saturated heterocycles. The number of aryl methyl sites for hydroxylation is 1. The Hall–Kier alpha value is -1.76. The summed E-state index contributed by atoms with van der Waals surface area (Å²) >= 11 is 0. The summed E-state index contributed by atoms with van der Waals surface area (Å²) in [6.45, 7) is 5.18. The van der Waals surface area contributed by atoms with Gasteiger partial charge in [0.05, 0.1) is 0 Å². The summed E-state index contributed by atoms with van der Waals surface area (Å²) in [6, 6.07) is 16.8. The molecule has 1 nitrogen and oxygen atoms in total. The van der Waals surface area contributed by atoms with Gasteiger partial charge >= 0.3 is 0 Å². The molecule has 0 atom stereocenters. The van der Waals surface area contributed by atoms with Gasteiger partial charge in [0.1, 0.15) is 0 Å². The van der Waals surface area contributed by atoms with Gasteiger partial charge in [-0.25, -0.2) is 0 Å². The summed E-state index contributed by atoms with van der Waals surface area (Å²) in [5, 5.41) is 3.47. The van der Waals surface area contributed by atoms with Crippen LogP contribution in [-0.4, -0.2) is 0 Å². The third-order valence-corrected chi connectivity index (χ3v) is 2.93. The summed E-state index contributed by atoms with van der Waals surface area (Å²) in [5.41, 5.74) is 5.20. The first kappa shape index (κ1) is 10.7. The summed E-state index contributed by atoms with van der Waals surface area (Å²) in [5.74, 6) is 0. The molecule has 0 radical (unpaired) electrons. The van der Waals surface area contributed by atoms with Gasteiger partial charge in [-0.2, -0.15) is 0 Å². The molecule has 0 spiro atoms. The van der Waals surface area contributed by atoms with E-state index >= 15 is 0 Å². The van der Waals surface area contributed by atoms with Crippen molar-refractivity contribution < 1.29 is 0 Å². The maximum Gasteiger partial charge on any atom is 0.0400 e. The number of anilines is 1. The lowest BCUT2D eigenvalue weighted by molar-refractivity contribution is 1.13. The number of hydrogen-bond acceptors (Lipinski definition) is 1. The maximum absolute atomic E-state index is 3.47. The SMILES string of the molecule is Cc1cccc(NCc2ccccc2)c1C. The highest BCUT2D eigenvalue weighted by Gasteiger charge is 1.99. The molecule has 82 valence electrons. The first-order valence-electron chi connectivity index (χ1n) is 5.61. The summed E-state index contributed by atoms with van der Waals surface area (Å²) in [6.07, 6.45) is 0. The largest absolute Gasteiger partial charge is 0.381 e. The standard InChI is InChI=1S/C15H17N/c1-12-7-6-10-15(13(12)2)16-11-14-8-4-3-5-9-14/h3-10,16H,11H2,1-2H3. The van der Waals surface area contributed by atoms with Crippen molar-refractivity contribution in [1.82, 2.24) is 0 Å². The molecule has 0 amide bonds. The Morgan fingerprint density at radius 1 is 0.875 bits per heavy atom. The summed E-state index contributed by atoms with van der Waals surface area (Å²) in [7, 11) is 0. The van der Waals surface area contributed by atoms with Crippen molar-refractivity contribution in [2.24, 2.45) is 0 Å². The smallest absolute Gasteiger partial charge is 0.0400 e. The fraction of sp³-hybridized carbons (Fsp3) is 0.200. The zero-order valence-electron chi connectivity index (χ0n) is 9.83. The predicted octanol–water partition coefficient (Wildman–Crippen LogP) is 3.92. The van der Waals surface area contributed by atoms with E-state index in [0.29, 0.717) is 0 Å². The second kappa shape index (κ2) is 4.84. The third-order valence-electron chi connectivity index (χ3n) is 2.93. The molecule has 0 bridgehead atoms. The molecule has 0 unspecified atom stereocenters. The van der Waals surface area contributed by atoms with Gasteiger partial charge in [0.25, 0.3) is 0 Å². The van der Waals surface area contributed by atoms with E-state index in [1.54, 1.807) is 0 Å². The minimum absolute atomic E-state index is 0.880. The summed E-state index contributed by atoms with van der Waals surface area (Å²) in [4.78, 5) is 0. The van der Waals surface area contributed by atoms with Crippen molar-refractivity contribution in [2.45, 2.75) is 20.4 Å². The molecule has 0 aliphatic carbocycles. The Bertz CT molecular complexity index is 460. The number of nitrogens with one attached hydrogen (secondary N) is 1. The van der Waals surface area contributed by atoms with E-state index in [2.05, 4.69) is 61.6 Å². The summed E-state index contributed by atoms with van der Waals surface area (Å²) < 4.78 is 0. The van der Waals surface area contributed by atoms with Crippen LogP contribution in [0.5, 0.6) is 0 Å². The van der Waals surface area contributed by atoms with Crippen LogP contribution >= 0.6 is 0 Å². The van der Waals surface area contributed by atoms with Gasteiger partial charge in [-0.15, -0.1) is 0 Å². The van der Waals surface area contributed by atoms with Crippen molar-refractivity contribution in [3.8, 4) is 0 Å². The lowest BCUT2D eigenvalue weighted by Crippen LogP contribution is -2.01. The predicted molar refractivity (Wildman–Crippen MR) is 69.7 cm³/mol. The second-order valence-corrected chi connectivity index (χ2v) is 4.09. The normalized spacial score (nSPS) is 10.1. The molecule has 16 heavy (non-hydrogen) atoms. The molecule has 0 aromatic heterocycles. The monoisotopic (exact) mass is 211 g/mol. The van der Waals surface area contributed by atoms with Gasteiger partial charge in [-0.05, 0) is 36.6 Å². The fourth-order valence-corrected chi connectivity index (χ4v) is 1.74. The van der Waals surface area contributed by atoms with E-state index < -0.39 is 0 Å². The zero-order valence-corrected chi connectivity index (χ0v) is 9.83. The zero-order chi connectivity index (χ0) is 11.4. The minimum atomic E-state index is 0.880. The van der Waals surface area contributed by atoms with Crippen LogP contribution in [0, 0.1) is 13.8 Å². The lowest BCUT2D eigenvalue weighted by Gasteiger charge is -2.11. The van der Waals surface area contributed by atoms with Gasteiger partial charge in [0.2, 0.25) is 0 Å². The highest BCUT2D eigenvalue weighted by atomic mass is 14.9. The highest BCUT2D eigenvalue weighted by molar-refractivity contribution is 5.53. The topological polar surface area (TPSA) is 12.0 Å². The first-order valence-corrected chi connectivity index (χ1v) is 5.61. The molecule has 2 rings (SSSR count). The molecular weight excluding hydrogens is 194 g/mol. The number of benzene rings is 2. The van der Waals surface area contributed by atoms with Gasteiger partial charge in [-0.3, -0.25) is 0 Å². The fourth-order valence-electron chi connectivity index (χ4n) is 1.74. The van der Waals surface area contributed by atoms with Crippen LogP contribution in [0.1, 0.15) is 16.7 Å². The number of rotatable bonds is 3. The van der Waals surface area contributed by atoms with Gasteiger partial charge in [0, 0.05) is 12.2 Å². The third kappa shape index (κ3) is 2.43. The van der Waals surface area contributed by atoms with Crippen molar-refractivity contribution in [2.75, 3.05) is 5.32 Å². The molecular formula is C15H17N. The van der Waals surface area contributed by atoms with Crippen LogP contribution < -0.4 is 5.32 Å². The van der Waals surface area contributed by atoms with Crippen LogP contribution in [0.25, 0.3) is 0 Å². The maximum atomic E-state index is 3.47. The molecule has 0 aliphatic heterocycles. The molecule has 0 aliphatic rings.